The van der Waals surface area contributed by atoms with E-state index < -0.39 is 11.8 Å². The Balaban J connectivity index is 1.26. The molecule has 0 atom stereocenters. The van der Waals surface area contributed by atoms with Gasteiger partial charge >= 0.3 is 11.8 Å². The fourth-order valence-electron chi connectivity index (χ4n) is 4.20. The number of hydrogen-bond donors (Lipinski definition) is 3. The van der Waals surface area contributed by atoms with E-state index >= 15 is 0 Å². The van der Waals surface area contributed by atoms with E-state index in [1.807, 2.05) is 31.2 Å². The molecule has 1 aliphatic carbocycles. The molecule has 3 amide bonds. The molecule has 0 bridgehead atoms. The molecule has 38 heavy (non-hydrogen) atoms. The van der Waals surface area contributed by atoms with Gasteiger partial charge in [0, 0.05) is 6.04 Å². The highest BCUT2D eigenvalue weighted by Crippen LogP contribution is 2.20. The standard InChI is InChI=1S/C30H32N4O4/c1-21-11-13-23(14-12-21)20-38-25-17-15-22(16-18-25)19-31-34-30(37)29(36)33-27-10-6-5-9-26(27)28(35)32-24-7-3-2-4-8-24/h5-6,9-19,24H,2-4,7-8,20H2,1H3,(H,32,35)(H,33,36)(H,34,37)/b31-19+. The van der Waals surface area contributed by atoms with Crippen molar-refractivity contribution in [3.05, 3.63) is 95.1 Å². The van der Waals surface area contributed by atoms with Crippen molar-refractivity contribution in [2.24, 2.45) is 5.10 Å². The number of carbonyl (C=O) groups is 3. The molecule has 0 radical (unpaired) electrons. The van der Waals surface area contributed by atoms with E-state index in [1.54, 1.807) is 48.5 Å². The normalized spacial score (nSPS) is 13.6. The third kappa shape index (κ3) is 7.77. The zero-order chi connectivity index (χ0) is 26.7. The van der Waals surface area contributed by atoms with E-state index in [0.717, 1.165) is 36.8 Å². The molecule has 4 rings (SSSR count). The van der Waals surface area contributed by atoms with Crippen molar-refractivity contribution in [3.8, 4) is 5.75 Å². The zero-order valence-corrected chi connectivity index (χ0v) is 21.4. The van der Waals surface area contributed by atoms with Gasteiger partial charge in [-0.05, 0) is 67.3 Å². The first-order valence-corrected chi connectivity index (χ1v) is 12.8. The lowest BCUT2D eigenvalue weighted by molar-refractivity contribution is -0.136. The number of hydrazone groups is 1. The van der Waals surface area contributed by atoms with E-state index in [2.05, 4.69) is 21.2 Å². The summed E-state index contributed by atoms with van der Waals surface area (Å²) in [5.74, 6) is -1.42. The maximum atomic E-state index is 12.8. The number of amides is 3. The van der Waals surface area contributed by atoms with Gasteiger partial charge < -0.3 is 15.4 Å². The van der Waals surface area contributed by atoms with Crippen molar-refractivity contribution in [1.29, 1.82) is 0 Å². The Morgan fingerprint density at radius 3 is 2.34 bits per heavy atom. The average Bonchev–Trinajstić information content (AvgIpc) is 2.94. The summed E-state index contributed by atoms with van der Waals surface area (Å²) in [7, 11) is 0. The van der Waals surface area contributed by atoms with Crippen LogP contribution in [0.4, 0.5) is 5.69 Å². The van der Waals surface area contributed by atoms with Crippen LogP contribution in [0.5, 0.6) is 5.75 Å². The lowest BCUT2D eigenvalue weighted by Gasteiger charge is -2.23. The van der Waals surface area contributed by atoms with Gasteiger partial charge in [-0.25, -0.2) is 5.43 Å². The Labute approximate surface area is 222 Å². The molecule has 0 saturated heterocycles. The molecule has 3 N–H and O–H groups in total. The summed E-state index contributed by atoms with van der Waals surface area (Å²) >= 11 is 0. The first kappa shape index (κ1) is 26.6. The molecule has 1 aliphatic rings. The molecular weight excluding hydrogens is 480 g/mol. The summed E-state index contributed by atoms with van der Waals surface area (Å²) in [5, 5.41) is 9.41. The summed E-state index contributed by atoms with van der Waals surface area (Å²) in [5.41, 5.74) is 5.80. The van der Waals surface area contributed by atoms with E-state index in [1.165, 1.54) is 18.2 Å². The number of aryl methyl sites for hydroxylation is 1. The lowest BCUT2D eigenvalue weighted by Crippen LogP contribution is -2.37. The Morgan fingerprint density at radius 1 is 0.895 bits per heavy atom. The number of nitrogens with one attached hydrogen (secondary N) is 3. The maximum absolute atomic E-state index is 12.8. The predicted molar refractivity (Wildman–Crippen MR) is 147 cm³/mol. The third-order valence-electron chi connectivity index (χ3n) is 6.35. The van der Waals surface area contributed by atoms with Crippen LogP contribution in [0.3, 0.4) is 0 Å². The van der Waals surface area contributed by atoms with E-state index in [4.69, 9.17) is 4.74 Å². The van der Waals surface area contributed by atoms with Crippen molar-refractivity contribution >= 4 is 29.6 Å². The van der Waals surface area contributed by atoms with Crippen LogP contribution in [0.15, 0.2) is 77.9 Å². The monoisotopic (exact) mass is 512 g/mol. The number of anilines is 1. The molecule has 8 heteroatoms. The molecule has 3 aromatic rings. The molecule has 1 saturated carbocycles. The fourth-order valence-corrected chi connectivity index (χ4v) is 4.20. The molecule has 0 aliphatic heterocycles. The van der Waals surface area contributed by atoms with Crippen molar-refractivity contribution in [1.82, 2.24) is 10.7 Å². The van der Waals surface area contributed by atoms with Crippen LogP contribution >= 0.6 is 0 Å². The minimum absolute atomic E-state index is 0.131. The number of carbonyl (C=O) groups excluding carboxylic acids is 3. The van der Waals surface area contributed by atoms with E-state index in [-0.39, 0.29) is 17.6 Å². The minimum Gasteiger partial charge on any atom is -0.489 e. The second-order valence-corrected chi connectivity index (χ2v) is 9.35. The first-order chi connectivity index (χ1) is 18.5. The largest absolute Gasteiger partial charge is 0.489 e. The third-order valence-corrected chi connectivity index (χ3v) is 6.35. The van der Waals surface area contributed by atoms with Gasteiger partial charge in [0.15, 0.2) is 0 Å². The number of hydrogen-bond acceptors (Lipinski definition) is 5. The molecule has 0 spiro atoms. The number of para-hydroxylation sites is 1. The topological polar surface area (TPSA) is 109 Å². The molecule has 196 valence electrons. The lowest BCUT2D eigenvalue weighted by atomic mass is 9.95. The molecule has 0 heterocycles. The smallest absolute Gasteiger partial charge is 0.329 e. The number of ether oxygens (including phenoxy) is 1. The quantitative estimate of drug-likeness (QED) is 0.230. The molecule has 0 unspecified atom stereocenters. The molecule has 0 aromatic heterocycles. The molecule has 3 aromatic carbocycles. The van der Waals surface area contributed by atoms with Gasteiger partial charge in [-0.15, -0.1) is 0 Å². The van der Waals surface area contributed by atoms with Crippen LogP contribution in [0.1, 0.15) is 59.2 Å². The van der Waals surface area contributed by atoms with Gasteiger partial charge in [0.05, 0.1) is 17.5 Å². The summed E-state index contributed by atoms with van der Waals surface area (Å²) in [6.07, 6.45) is 6.70. The predicted octanol–water partition coefficient (Wildman–Crippen LogP) is 4.73. The van der Waals surface area contributed by atoms with Crippen molar-refractivity contribution in [3.63, 3.8) is 0 Å². The van der Waals surface area contributed by atoms with E-state index in [9.17, 15) is 14.4 Å². The van der Waals surface area contributed by atoms with Crippen LogP contribution in [-0.2, 0) is 16.2 Å². The minimum atomic E-state index is -0.943. The van der Waals surface area contributed by atoms with E-state index in [0.29, 0.717) is 17.9 Å². The highest BCUT2D eigenvalue weighted by Gasteiger charge is 2.20. The highest BCUT2D eigenvalue weighted by atomic mass is 16.5. The average molecular weight is 513 g/mol. The summed E-state index contributed by atoms with van der Waals surface area (Å²) < 4.78 is 5.79. The van der Waals surface area contributed by atoms with Crippen molar-refractivity contribution < 1.29 is 19.1 Å². The van der Waals surface area contributed by atoms with Gasteiger partial charge in [0.2, 0.25) is 0 Å². The SMILES string of the molecule is Cc1ccc(COc2ccc(/C=N/NC(=O)C(=O)Nc3ccccc3C(=O)NC3CCCCC3)cc2)cc1. The van der Waals surface area contributed by atoms with Gasteiger partial charge in [-0.2, -0.15) is 5.10 Å². The Bertz CT molecular complexity index is 1280. The van der Waals surface area contributed by atoms with Gasteiger partial charge in [0.25, 0.3) is 5.91 Å². The summed E-state index contributed by atoms with van der Waals surface area (Å²) in [4.78, 5) is 37.5. The fraction of sp³-hybridized carbons (Fsp3) is 0.267. The highest BCUT2D eigenvalue weighted by molar-refractivity contribution is 6.40. The number of benzene rings is 3. The number of rotatable bonds is 8. The maximum Gasteiger partial charge on any atom is 0.329 e. The van der Waals surface area contributed by atoms with Gasteiger partial charge in [-0.3, -0.25) is 14.4 Å². The van der Waals surface area contributed by atoms with Crippen LogP contribution < -0.4 is 20.8 Å². The van der Waals surface area contributed by atoms with Crippen molar-refractivity contribution in [2.75, 3.05) is 5.32 Å². The molecule has 8 nitrogen and oxygen atoms in total. The number of nitrogens with zero attached hydrogens (tertiary/aromatic N) is 1. The van der Waals surface area contributed by atoms with Crippen LogP contribution in [0, 0.1) is 6.92 Å². The van der Waals surface area contributed by atoms with Crippen LogP contribution in [0.25, 0.3) is 0 Å². The Morgan fingerprint density at radius 2 is 1.61 bits per heavy atom. The van der Waals surface area contributed by atoms with Crippen molar-refractivity contribution in [2.45, 2.75) is 51.7 Å². The Kier molecular flexibility index (Phi) is 9.23. The second-order valence-electron chi connectivity index (χ2n) is 9.35. The first-order valence-electron chi connectivity index (χ1n) is 12.8. The van der Waals surface area contributed by atoms with Gasteiger partial charge in [-0.1, -0.05) is 61.2 Å². The summed E-state index contributed by atoms with van der Waals surface area (Å²) in [6.45, 7) is 2.50. The van der Waals surface area contributed by atoms with Gasteiger partial charge in [0.1, 0.15) is 12.4 Å². The Hall–Kier alpha value is -4.46. The molecular formula is C30H32N4O4. The molecule has 1 fully saturated rings. The summed E-state index contributed by atoms with van der Waals surface area (Å²) in [6, 6.07) is 22.1. The van der Waals surface area contributed by atoms with Crippen LogP contribution in [0.2, 0.25) is 0 Å². The second kappa shape index (κ2) is 13.2. The zero-order valence-electron chi connectivity index (χ0n) is 21.4. The van der Waals surface area contributed by atoms with Crippen LogP contribution in [-0.4, -0.2) is 30.0 Å².